The number of amidine groups is 1. The number of thioether (sulfide) groups is 1. The Morgan fingerprint density at radius 1 is 1.29 bits per heavy atom. The first-order chi connectivity index (χ1) is 10.0. The maximum absolute atomic E-state index is 12.1. The molecule has 2 aromatic rings. The van der Waals surface area contributed by atoms with Crippen molar-refractivity contribution in [3.63, 3.8) is 0 Å². The molecular formula is C13H11F3N4S. The summed E-state index contributed by atoms with van der Waals surface area (Å²) < 4.78 is 36.3. The zero-order valence-corrected chi connectivity index (χ0v) is 11.6. The van der Waals surface area contributed by atoms with Crippen LogP contribution in [0.15, 0.2) is 40.6 Å². The molecule has 0 amide bonds. The topological polar surface area (TPSA) is 52.5 Å². The molecular weight excluding hydrogens is 301 g/mol. The van der Waals surface area contributed by atoms with Crippen LogP contribution in [0.1, 0.15) is 5.56 Å². The van der Waals surface area contributed by atoms with E-state index in [0.717, 1.165) is 22.2 Å². The minimum Gasteiger partial charge on any atom is -0.360 e. The number of para-hydroxylation sites is 1. The SMILES string of the molecule is FC(F)(F)CN=C1NN=C(c2c[nH]c3ccccc23)CS1. The van der Waals surface area contributed by atoms with Crippen molar-refractivity contribution in [2.24, 2.45) is 10.1 Å². The fourth-order valence-electron chi connectivity index (χ4n) is 2.01. The first-order valence-corrected chi connectivity index (χ1v) is 7.14. The molecule has 0 saturated carbocycles. The molecule has 0 fully saturated rings. The number of rotatable bonds is 2. The summed E-state index contributed by atoms with van der Waals surface area (Å²) in [6.45, 7) is -1.19. The van der Waals surface area contributed by atoms with Gasteiger partial charge in [-0.05, 0) is 6.07 Å². The van der Waals surface area contributed by atoms with Gasteiger partial charge in [0.25, 0.3) is 0 Å². The lowest BCUT2D eigenvalue weighted by Gasteiger charge is -2.14. The highest BCUT2D eigenvalue weighted by Crippen LogP contribution is 2.22. The minimum absolute atomic E-state index is 0.191. The molecule has 0 aliphatic carbocycles. The Morgan fingerprint density at radius 2 is 2.10 bits per heavy atom. The van der Waals surface area contributed by atoms with E-state index in [1.165, 1.54) is 11.8 Å². The Hall–Kier alpha value is -1.96. The standard InChI is InChI=1S/C13H11F3N4S/c14-13(15,16)7-18-12-20-19-11(6-21-12)9-5-17-10-4-2-1-3-8(9)10/h1-5,17H,6-7H2,(H,18,20). The van der Waals surface area contributed by atoms with Crippen LogP contribution < -0.4 is 5.43 Å². The highest BCUT2D eigenvalue weighted by Gasteiger charge is 2.27. The van der Waals surface area contributed by atoms with Crippen molar-refractivity contribution in [2.45, 2.75) is 6.18 Å². The maximum Gasteiger partial charge on any atom is 0.408 e. The molecule has 1 aromatic carbocycles. The second-order valence-corrected chi connectivity index (χ2v) is 5.41. The van der Waals surface area contributed by atoms with Crippen molar-refractivity contribution in [3.8, 4) is 0 Å². The molecule has 0 bridgehead atoms. The largest absolute Gasteiger partial charge is 0.408 e. The van der Waals surface area contributed by atoms with E-state index in [0.29, 0.717) is 5.75 Å². The lowest BCUT2D eigenvalue weighted by Crippen LogP contribution is -2.26. The van der Waals surface area contributed by atoms with Crippen LogP contribution in [0.5, 0.6) is 0 Å². The van der Waals surface area contributed by atoms with E-state index in [1.807, 2.05) is 30.5 Å². The molecule has 110 valence electrons. The molecule has 8 heteroatoms. The third-order valence-electron chi connectivity index (χ3n) is 2.93. The zero-order valence-electron chi connectivity index (χ0n) is 10.7. The van der Waals surface area contributed by atoms with Crippen LogP contribution in [0.25, 0.3) is 10.9 Å². The molecule has 1 aliphatic rings. The van der Waals surface area contributed by atoms with E-state index in [1.54, 1.807) is 0 Å². The van der Waals surface area contributed by atoms with Crippen molar-refractivity contribution < 1.29 is 13.2 Å². The average Bonchev–Trinajstić information content (AvgIpc) is 2.89. The summed E-state index contributed by atoms with van der Waals surface area (Å²) in [5.41, 5.74) is 5.30. The van der Waals surface area contributed by atoms with Gasteiger partial charge in [-0.2, -0.15) is 18.3 Å². The van der Waals surface area contributed by atoms with Crippen molar-refractivity contribution in [1.82, 2.24) is 10.4 Å². The highest BCUT2D eigenvalue weighted by atomic mass is 32.2. The van der Waals surface area contributed by atoms with E-state index in [-0.39, 0.29) is 5.17 Å². The second kappa shape index (κ2) is 5.44. The summed E-state index contributed by atoms with van der Waals surface area (Å²) in [6, 6.07) is 7.79. The summed E-state index contributed by atoms with van der Waals surface area (Å²) in [5.74, 6) is 0.478. The van der Waals surface area contributed by atoms with Gasteiger partial charge >= 0.3 is 6.18 Å². The number of hydrazone groups is 1. The van der Waals surface area contributed by atoms with Crippen LogP contribution in [0.3, 0.4) is 0 Å². The van der Waals surface area contributed by atoms with Crippen molar-refractivity contribution in [2.75, 3.05) is 12.3 Å². The van der Waals surface area contributed by atoms with Crippen molar-refractivity contribution in [1.29, 1.82) is 0 Å². The monoisotopic (exact) mass is 312 g/mol. The van der Waals surface area contributed by atoms with Gasteiger partial charge in [0.05, 0.1) is 5.71 Å². The Kier molecular flexibility index (Phi) is 3.62. The first kappa shape index (κ1) is 14.0. The molecule has 3 rings (SSSR count). The third-order valence-corrected chi connectivity index (χ3v) is 3.85. The number of H-pyrrole nitrogens is 1. The number of nitrogens with zero attached hydrogens (tertiary/aromatic N) is 2. The van der Waals surface area contributed by atoms with Gasteiger partial charge in [-0.25, -0.2) is 0 Å². The third kappa shape index (κ3) is 3.21. The second-order valence-electron chi connectivity index (χ2n) is 4.44. The van der Waals surface area contributed by atoms with Gasteiger partial charge < -0.3 is 4.98 Å². The Morgan fingerprint density at radius 3 is 2.81 bits per heavy atom. The molecule has 1 aliphatic heterocycles. The molecule has 0 atom stereocenters. The number of alkyl halides is 3. The van der Waals surface area contributed by atoms with Crippen molar-refractivity contribution >= 4 is 33.5 Å². The van der Waals surface area contributed by atoms with Gasteiger partial charge in [0.1, 0.15) is 6.54 Å². The Balaban J connectivity index is 1.79. The molecule has 0 unspecified atom stereocenters. The van der Waals surface area contributed by atoms with Crippen molar-refractivity contribution in [3.05, 3.63) is 36.0 Å². The van der Waals surface area contributed by atoms with Crippen LogP contribution in [-0.2, 0) is 0 Å². The van der Waals surface area contributed by atoms with Crippen LogP contribution in [-0.4, -0.2) is 34.3 Å². The molecule has 4 nitrogen and oxygen atoms in total. The first-order valence-electron chi connectivity index (χ1n) is 6.16. The van der Waals surface area contributed by atoms with Crippen LogP contribution in [0.4, 0.5) is 13.2 Å². The highest BCUT2D eigenvalue weighted by molar-refractivity contribution is 8.14. The number of hydrogen-bond donors (Lipinski definition) is 2. The summed E-state index contributed by atoms with van der Waals surface area (Å²) in [6.07, 6.45) is -2.44. The number of fused-ring (bicyclic) bond motifs is 1. The van der Waals surface area contributed by atoms with Gasteiger partial charge in [-0.3, -0.25) is 10.4 Å². The predicted molar refractivity (Wildman–Crippen MR) is 78.8 cm³/mol. The zero-order chi connectivity index (χ0) is 14.9. The molecule has 1 aromatic heterocycles. The van der Waals surface area contributed by atoms with E-state index >= 15 is 0 Å². The molecule has 0 radical (unpaired) electrons. The quantitative estimate of drug-likeness (QED) is 0.895. The number of hydrogen-bond acceptors (Lipinski definition) is 3. The lowest BCUT2D eigenvalue weighted by atomic mass is 10.1. The normalized spacial score (nSPS) is 17.9. The van der Waals surface area contributed by atoms with Gasteiger partial charge in [0.15, 0.2) is 5.17 Å². The lowest BCUT2D eigenvalue weighted by molar-refractivity contribution is -0.118. The summed E-state index contributed by atoms with van der Waals surface area (Å²) in [7, 11) is 0. The molecule has 21 heavy (non-hydrogen) atoms. The van der Waals surface area contributed by atoms with E-state index < -0.39 is 12.7 Å². The fraction of sp³-hybridized carbons (Fsp3) is 0.231. The number of aromatic nitrogens is 1. The number of aromatic amines is 1. The minimum atomic E-state index is -4.30. The van der Waals surface area contributed by atoms with Gasteiger partial charge in [0.2, 0.25) is 0 Å². The number of aliphatic imine (C=N–C) groups is 1. The Bertz CT molecular complexity index is 718. The van der Waals surface area contributed by atoms with E-state index in [4.69, 9.17) is 0 Å². The summed E-state index contributed by atoms with van der Waals surface area (Å²) in [5, 5.41) is 5.36. The number of halogens is 3. The average molecular weight is 312 g/mol. The molecule has 0 saturated heterocycles. The van der Waals surface area contributed by atoms with Crippen LogP contribution >= 0.6 is 11.8 Å². The number of benzene rings is 1. The predicted octanol–water partition coefficient (Wildman–Crippen LogP) is 3.13. The fourth-order valence-corrected chi connectivity index (χ4v) is 2.77. The Labute approximate surface area is 122 Å². The molecule has 0 spiro atoms. The number of nitrogens with one attached hydrogen (secondary N) is 2. The van der Waals surface area contributed by atoms with E-state index in [9.17, 15) is 13.2 Å². The summed E-state index contributed by atoms with van der Waals surface area (Å²) >= 11 is 1.21. The van der Waals surface area contributed by atoms with Crippen LogP contribution in [0.2, 0.25) is 0 Å². The van der Waals surface area contributed by atoms with Gasteiger partial charge in [-0.1, -0.05) is 30.0 Å². The molecule has 2 N–H and O–H groups in total. The molecule has 2 heterocycles. The maximum atomic E-state index is 12.1. The van der Waals surface area contributed by atoms with Crippen LogP contribution in [0, 0.1) is 0 Å². The summed E-state index contributed by atoms with van der Waals surface area (Å²) in [4.78, 5) is 6.61. The van der Waals surface area contributed by atoms with E-state index in [2.05, 4.69) is 20.5 Å². The van der Waals surface area contributed by atoms with Gasteiger partial charge in [-0.15, -0.1) is 0 Å². The smallest absolute Gasteiger partial charge is 0.360 e. The van der Waals surface area contributed by atoms with Gasteiger partial charge in [0, 0.05) is 28.4 Å².